The van der Waals surface area contributed by atoms with Crippen molar-refractivity contribution in [2.75, 3.05) is 0 Å². The van der Waals surface area contributed by atoms with E-state index in [1.807, 2.05) is 6.92 Å². The van der Waals surface area contributed by atoms with Crippen LogP contribution in [0.15, 0.2) is 17.7 Å². The highest BCUT2D eigenvalue weighted by molar-refractivity contribution is 8.00. The zero-order valence-corrected chi connectivity index (χ0v) is 8.88. The Balaban J connectivity index is 2.35. The minimum atomic E-state index is -0.105. The van der Waals surface area contributed by atoms with Crippen molar-refractivity contribution >= 4 is 28.8 Å². The predicted molar refractivity (Wildman–Crippen MR) is 58.9 cm³/mol. The van der Waals surface area contributed by atoms with Crippen molar-refractivity contribution in [2.24, 2.45) is 5.73 Å². The summed E-state index contributed by atoms with van der Waals surface area (Å²) in [6.07, 6.45) is 3.03. The number of hydrogen-bond donors (Lipinski definition) is 3. The monoisotopic (exact) mass is 222 g/mol. The maximum atomic E-state index is 7.31. The predicted octanol–water partition coefficient (Wildman–Crippen LogP) is 0.769. The molecule has 2 aromatic heterocycles. The molecule has 0 radical (unpaired) electrons. The van der Waals surface area contributed by atoms with Crippen LogP contribution in [0.3, 0.4) is 0 Å². The molecule has 0 aliphatic carbocycles. The molecule has 0 spiro atoms. The lowest BCUT2D eigenvalue weighted by Crippen LogP contribution is -2.21. The summed E-state index contributed by atoms with van der Waals surface area (Å²) in [4.78, 5) is 15.1. The molecule has 1 unspecified atom stereocenters. The Morgan fingerprint density at radius 3 is 3.07 bits per heavy atom. The van der Waals surface area contributed by atoms with E-state index in [2.05, 4.69) is 19.9 Å². The molecule has 0 amide bonds. The van der Waals surface area contributed by atoms with Gasteiger partial charge in [0.15, 0.2) is 5.65 Å². The third-order valence-corrected chi connectivity index (χ3v) is 3.05. The van der Waals surface area contributed by atoms with Crippen LogP contribution in [0, 0.1) is 5.41 Å². The lowest BCUT2D eigenvalue weighted by Gasteiger charge is -2.07. The molecule has 2 heterocycles. The van der Waals surface area contributed by atoms with Crippen LogP contribution in [0.5, 0.6) is 0 Å². The Kier molecular flexibility index (Phi) is 2.55. The van der Waals surface area contributed by atoms with E-state index in [4.69, 9.17) is 11.1 Å². The fourth-order valence-corrected chi connectivity index (χ4v) is 1.90. The highest BCUT2D eigenvalue weighted by Crippen LogP contribution is 2.25. The fourth-order valence-electron chi connectivity index (χ4n) is 1.06. The topological polar surface area (TPSA) is 104 Å². The number of nitrogens with one attached hydrogen (secondary N) is 2. The van der Waals surface area contributed by atoms with Gasteiger partial charge in [0.25, 0.3) is 0 Å². The standard InChI is InChI=1S/C8H10N6S/c1-4(6(9)10)15-8-5-7(12-2-11-5)13-3-14-8/h2-4H,1H3,(H3,9,10)(H,11,12,13,14). The van der Waals surface area contributed by atoms with E-state index < -0.39 is 0 Å². The van der Waals surface area contributed by atoms with Gasteiger partial charge < -0.3 is 10.7 Å². The molecular weight excluding hydrogens is 212 g/mol. The Morgan fingerprint density at radius 2 is 2.33 bits per heavy atom. The first kappa shape index (κ1) is 9.91. The first-order chi connectivity index (χ1) is 7.18. The van der Waals surface area contributed by atoms with E-state index in [1.54, 1.807) is 6.33 Å². The quantitative estimate of drug-likeness (QED) is 0.308. The van der Waals surface area contributed by atoms with Gasteiger partial charge in [-0.25, -0.2) is 15.0 Å². The third-order valence-electron chi connectivity index (χ3n) is 1.91. The molecule has 0 saturated heterocycles. The summed E-state index contributed by atoms with van der Waals surface area (Å²) in [6.45, 7) is 1.86. The molecule has 15 heavy (non-hydrogen) atoms. The number of H-pyrrole nitrogens is 1. The van der Waals surface area contributed by atoms with Gasteiger partial charge in [-0.2, -0.15) is 0 Å². The van der Waals surface area contributed by atoms with Crippen molar-refractivity contribution < 1.29 is 0 Å². The van der Waals surface area contributed by atoms with Crippen molar-refractivity contribution in [1.29, 1.82) is 5.41 Å². The van der Waals surface area contributed by atoms with E-state index in [0.717, 1.165) is 10.5 Å². The Bertz CT molecular complexity index is 493. The molecule has 6 nitrogen and oxygen atoms in total. The number of fused-ring (bicyclic) bond motifs is 1. The SMILES string of the molecule is CC(Sc1ncnc2nc[nH]c12)C(=N)N. The van der Waals surface area contributed by atoms with Crippen LogP contribution in [0.1, 0.15) is 6.92 Å². The summed E-state index contributed by atoms with van der Waals surface area (Å²) in [5, 5.41) is 7.97. The molecular formula is C8H10N6S. The molecule has 0 bridgehead atoms. The second kappa shape index (κ2) is 3.85. The van der Waals surface area contributed by atoms with Crippen LogP contribution in [-0.2, 0) is 0 Å². The number of hydrogen-bond acceptors (Lipinski definition) is 5. The summed E-state index contributed by atoms with van der Waals surface area (Å²) >= 11 is 1.41. The number of nitrogens with zero attached hydrogens (tertiary/aromatic N) is 3. The first-order valence-corrected chi connectivity index (χ1v) is 5.21. The number of thioether (sulfide) groups is 1. The van der Waals surface area contributed by atoms with Crippen molar-refractivity contribution in [2.45, 2.75) is 17.2 Å². The first-order valence-electron chi connectivity index (χ1n) is 4.33. The Morgan fingerprint density at radius 1 is 1.53 bits per heavy atom. The van der Waals surface area contributed by atoms with E-state index in [-0.39, 0.29) is 11.1 Å². The summed E-state index contributed by atoms with van der Waals surface area (Å²) in [6, 6.07) is 0. The van der Waals surface area contributed by atoms with Crippen LogP contribution in [0.2, 0.25) is 0 Å². The van der Waals surface area contributed by atoms with Crippen molar-refractivity contribution in [1.82, 2.24) is 19.9 Å². The van der Waals surface area contributed by atoms with Crippen LogP contribution in [0.4, 0.5) is 0 Å². The van der Waals surface area contributed by atoms with Crippen molar-refractivity contribution in [3.8, 4) is 0 Å². The zero-order chi connectivity index (χ0) is 10.8. The second-order valence-corrected chi connectivity index (χ2v) is 4.32. The van der Waals surface area contributed by atoms with Gasteiger partial charge >= 0.3 is 0 Å². The molecule has 0 aliphatic rings. The molecule has 7 heteroatoms. The highest BCUT2D eigenvalue weighted by Gasteiger charge is 2.12. The van der Waals surface area contributed by atoms with Gasteiger partial charge in [0.1, 0.15) is 22.7 Å². The van der Waals surface area contributed by atoms with Gasteiger partial charge in [0.2, 0.25) is 0 Å². The molecule has 1 atom stereocenters. The smallest absolute Gasteiger partial charge is 0.181 e. The van der Waals surface area contributed by atoms with E-state index in [1.165, 1.54) is 18.1 Å². The van der Waals surface area contributed by atoms with Gasteiger partial charge in [-0.3, -0.25) is 5.41 Å². The number of aromatic nitrogens is 4. The Hall–Kier alpha value is -1.63. The minimum absolute atomic E-state index is 0.105. The summed E-state index contributed by atoms with van der Waals surface area (Å²) in [5.41, 5.74) is 6.81. The van der Waals surface area contributed by atoms with Crippen LogP contribution >= 0.6 is 11.8 Å². The molecule has 0 saturated carbocycles. The molecule has 2 rings (SSSR count). The number of nitrogens with two attached hydrogens (primary N) is 1. The van der Waals surface area contributed by atoms with Gasteiger partial charge in [-0.05, 0) is 6.92 Å². The van der Waals surface area contributed by atoms with Gasteiger partial charge in [0.05, 0.1) is 11.6 Å². The van der Waals surface area contributed by atoms with Crippen LogP contribution in [0.25, 0.3) is 11.2 Å². The summed E-state index contributed by atoms with van der Waals surface area (Å²) in [5.74, 6) is 0.131. The minimum Gasteiger partial charge on any atom is -0.387 e. The van der Waals surface area contributed by atoms with Gasteiger partial charge in [-0.15, -0.1) is 0 Å². The largest absolute Gasteiger partial charge is 0.387 e. The van der Waals surface area contributed by atoms with E-state index in [0.29, 0.717) is 5.65 Å². The number of rotatable bonds is 3. The highest BCUT2D eigenvalue weighted by atomic mass is 32.2. The maximum absolute atomic E-state index is 7.31. The third kappa shape index (κ3) is 1.91. The molecule has 78 valence electrons. The second-order valence-electron chi connectivity index (χ2n) is 3.00. The maximum Gasteiger partial charge on any atom is 0.181 e. The van der Waals surface area contributed by atoms with Crippen LogP contribution < -0.4 is 5.73 Å². The molecule has 2 aromatic rings. The van der Waals surface area contributed by atoms with Crippen molar-refractivity contribution in [3.05, 3.63) is 12.7 Å². The average Bonchev–Trinajstić information content (AvgIpc) is 2.66. The average molecular weight is 222 g/mol. The fraction of sp³-hybridized carbons (Fsp3) is 0.250. The van der Waals surface area contributed by atoms with E-state index >= 15 is 0 Å². The number of amidine groups is 1. The molecule has 0 aliphatic heterocycles. The van der Waals surface area contributed by atoms with Crippen LogP contribution in [-0.4, -0.2) is 31.0 Å². The molecule has 4 N–H and O–H groups in total. The van der Waals surface area contributed by atoms with Gasteiger partial charge in [0, 0.05) is 0 Å². The number of aromatic amines is 1. The summed E-state index contributed by atoms with van der Waals surface area (Å²) in [7, 11) is 0. The van der Waals surface area contributed by atoms with Gasteiger partial charge in [-0.1, -0.05) is 11.8 Å². The van der Waals surface area contributed by atoms with Crippen molar-refractivity contribution in [3.63, 3.8) is 0 Å². The molecule has 0 fully saturated rings. The normalized spacial score (nSPS) is 12.9. The Labute approximate surface area is 90.2 Å². The summed E-state index contributed by atoms with van der Waals surface area (Å²) < 4.78 is 0. The zero-order valence-electron chi connectivity index (χ0n) is 8.06. The number of imidazole rings is 1. The lowest BCUT2D eigenvalue weighted by molar-refractivity contribution is 1.08. The lowest BCUT2D eigenvalue weighted by atomic mass is 10.4. The molecule has 0 aromatic carbocycles. The van der Waals surface area contributed by atoms with E-state index in [9.17, 15) is 0 Å².